The fourth-order valence-corrected chi connectivity index (χ4v) is 8.29. The highest BCUT2D eigenvalue weighted by Gasteiger charge is 2.32. The SMILES string of the molecule is Cc1ccc(S(=O)(=O)[O-])c(-c2c(C(=O)NCc3ccccc3S(C)(=O)=O)nc(N3CCCCS3(=O)=O)c3cccnc23)c1. The van der Waals surface area contributed by atoms with Crippen molar-refractivity contribution in [1.29, 1.82) is 0 Å². The number of pyridine rings is 2. The number of hydrogen-bond donors (Lipinski definition) is 1. The maximum Gasteiger partial charge on any atom is 0.270 e. The molecule has 1 N–H and O–H groups in total. The van der Waals surface area contributed by atoms with Crippen molar-refractivity contribution in [2.75, 3.05) is 22.9 Å². The Hall–Kier alpha value is -3.92. The molecule has 1 amide bonds. The molecule has 0 radical (unpaired) electrons. The topological polar surface area (TPSA) is 184 Å². The van der Waals surface area contributed by atoms with Crippen LogP contribution in [0.15, 0.2) is 70.6 Å². The molecule has 0 bridgehead atoms. The Bertz CT molecular complexity index is 2100. The molecule has 15 heteroatoms. The molecule has 3 heterocycles. The van der Waals surface area contributed by atoms with Crippen LogP contribution in [0.5, 0.6) is 0 Å². The molecule has 4 aromatic rings. The lowest BCUT2D eigenvalue weighted by atomic mass is 9.98. The van der Waals surface area contributed by atoms with Crippen LogP contribution < -0.4 is 9.62 Å². The third-order valence-corrected chi connectivity index (χ3v) is 10.9. The van der Waals surface area contributed by atoms with Gasteiger partial charge in [0, 0.05) is 42.1 Å². The molecule has 0 unspecified atom stereocenters. The first-order chi connectivity index (χ1) is 20.2. The van der Waals surface area contributed by atoms with Crippen LogP contribution in [0.4, 0.5) is 5.82 Å². The molecule has 0 spiro atoms. The molecule has 43 heavy (non-hydrogen) atoms. The number of nitrogens with one attached hydrogen (secondary N) is 1. The Labute approximate surface area is 249 Å². The highest BCUT2D eigenvalue weighted by molar-refractivity contribution is 7.92. The zero-order chi connectivity index (χ0) is 31.2. The molecule has 2 aromatic heterocycles. The number of aryl methyl sites for hydroxylation is 1. The predicted octanol–water partition coefficient (Wildman–Crippen LogP) is 2.77. The minimum Gasteiger partial charge on any atom is -0.744 e. The number of rotatable bonds is 7. The maximum atomic E-state index is 13.9. The van der Waals surface area contributed by atoms with Gasteiger partial charge in [-0.25, -0.2) is 30.2 Å². The van der Waals surface area contributed by atoms with Gasteiger partial charge in [0.1, 0.15) is 15.8 Å². The monoisotopic (exact) mass is 643 g/mol. The third kappa shape index (κ3) is 6.11. The van der Waals surface area contributed by atoms with Crippen molar-refractivity contribution in [3.05, 3.63) is 77.6 Å². The highest BCUT2D eigenvalue weighted by Crippen LogP contribution is 2.39. The summed E-state index contributed by atoms with van der Waals surface area (Å²) in [6.07, 6.45) is 3.43. The number of sulfone groups is 1. The van der Waals surface area contributed by atoms with E-state index in [1.807, 2.05) is 0 Å². The molecule has 1 aliphatic rings. The van der Waals surface area contributed by atoms with E-state index in [1.54, 1.807) is 31.2 Å². The second kappa shape index (κ2) is 11.3. The summed E-state index contributed by atoms with van der Waals surface area (Å²) < 4.78 is 89.1. The normalized spacial score (nSPS) is 15.4. The van der Waals surface area contributed by atoms with Gasteiger partial charge in [0.25, 0.3) is 5.91 Å². The summed E-state index contributed by atoms with van der Waals surface area (Å²) in [6, 6.07) is 13.2. The number of amides is 1. The largest absolute Gasteiger partial charge is 0.744 e. The fourth-order valence-electron chi connectivity index (χ4n) is 5.08. The Balaban J connectivity index is 1.78. The Morgan fingerprint density at radius 1 is 1.02 bits per heavy atom. The summed E-state index contributed by atoms with van der Waals surface area (Å²) >= 11 is 0. The van der Waals surface area contributed by atoms with Crippen LogP contribution in [0, 0.1) is 6.92 Å². The van der Waals surface area contributed by atoms with Gasteiger partial charge in [-0.2, -0.15) is 0 Å². The third-order valence-electron chi connectivity index (χ3n) is 7.03. The number of aromatic nitrogens is 2. The number of sulfonamides is 1. The van der Waals surface area contributed by atoms with Gasteiger partial charge in [0.2, 0.25) is 10.0 Å². The molecular weight excluding hydrogens is 617 g/mol. The van der Waals surface area contributed by atoms with Gasteiger partial charge < -0.3 is 9.87 Å². The van der Waals surface area contributed by atoms with Crippen LogP contribution >= 0.6 is 0 Å². The minimum absolute atomic E-state index is 0.00202. The number of anilines is 1. The first-order valence-corrected chi connectivity index (χ1v) is 18.0. The van der Waals surface area contributed by atoms with E-state index < -0.39 is 40.8 Å². The van der Waals surface area contributed by atoms with E-state index in [-0.39, 0.29) is 62.8 Å². The number of carbonyl (C=O) groups excluding carboxylic acids is 1. The fraction of sp³-hybridized carbons (Fsp3) is 0.250. The van der Waals surface area contributed by atoms with Gasteiger partial charge in [-0.15, -0.1) is 0 Å². The minimum atomic E-state index is -5.05. The van der Waals surface area contributed by atoms with E-state index in [9.17, 15) is 34.6 Å². The number of fused-ring (bicyclic) bond motifs is 1. The van der Waals surface area contributed by atoms with Crippen molar-refractivity contribution in [2.45, 2.75) is 36.1 Å². The van der Waals surface area contributed by atoms with E-state index in [0.29, 0.717) is 18.4 Å². The van der Waals surface area contributed by atoms with Crippen molar-refractivity contribution in [3.8, 4) is 11.1 Å². The molecule has 1 fully saturated rings. The second-order valence-corrected chi connectivity index (χ2v) is 15.5. The lowest BCUT2D eigenvalue weighted by Crippen LogP contribution is -2.39. The van der Waals surface area contributed by atoms with Gasteiger partial charge in [-0.1, -0.05) is 35.9 Å². The zero-order valence-corrected chi connectivity index (χ0v) is 25.6. The average molecular weight is 644 g/mol. The Morgan fingerprint density at radius 2 is 1.77 bits per heavy atom. The first kappa shape index (κ1) is 30.5. The van der Waals surface area contributed by atoms with Crippen molar-refractivity contribution < 1.29 is 34.6 Å². The molecule has 0 atom stereocenters. The van der Waals surface area contributed by atoms with Crippen LogP contribution in [0.25, 0.3) is 22.0 Å². The van der Waals surface area contributed by atoms with Crippen LogP contribution in [0.2, 0.25) is 0 Å². The summed E-state index contributed by atoms with van der Waals surface area (Å²) in [5, 5.41) is 2.87. The highest BCUT2D eigenvalue weighted by atomic mass is 32.2. The number of nitrogens with zero attached hydrogens (tertiary/aromatic N) is 3. The van der Waals surface area contributed by atoms with Gasteiger partial charge in [-0.05, 0) is 49.6 Å². The number of carbonyl (C=O) groups is 1. The van der Waals surface area contributed by atoms with E-state index in [4.69, 9.17) is 0 Å². The second-order valence-electron chi connectivity index (χ2n) is 10.2. The average Bonchev–Trinajstić information content (AvgIpc) is 2.94. The molecular formula is C28H27N4O8S3-. The van der Waals surface area contributed by atoms with Crippen LogP contribution in [0.1, 0.15) is 34.5 Å². The van der Waals surface area contributed by atoms with Crippen molar-refractivity contribution >= 4 is 52.6 Å². The standard InChI is InChI=1S/C28H28N4O8S3/c1-18-11-12-23(43(38,39)40)21(16-18)24-25-20(9-7-13-29-25)27(32-14-5-6-15-42(32,36)37)31-26(24)28(33)30-17-19-8-3-4-10-22(19)41(2,34)35/h3-4,7-13,16H,5-6,14-15,17H2,1-2H3,(H,30,33)(H,38,39,40)/p-1. The molecule has 2 aromatic carbocycles. The first-order valence-electron chi connectivity index (χ1n) is 13.1. The number of benzene rings is 2. The van der Waals surface area contributed by atoms with Crippen LogP contribution in [-0.2, 0) is 36.5 Å². The molecule has 12 nitrogen and oxygen atoms in total. The van der Waals surface area contributed by atoms with Crippen LogP contribution in [-0.4, -0.2) is 64.2 Å². The quantitative estimate of drug-likeness (QED) is 0.294. The number of hydrogen-bond acceptors (Lipinski definition) is 10. The summed E-state index contributed by atoms with van der Waals surface area (Å²) in [7, 11) is -12.5. The summed E-state index contributed by atoms with van der Waals surface area (Å²) in [5.74, 6) is -1.05. The van der Waals surface area contributed by atoms with Crippen LogP contribution in [0.3, 0.4) is 0 Å². The van der Waals surface area contributed by atoms with Crippen molar-refractivity contribution in [1.82, 2.24) is 15.3 Å². The van der Waals surface area contributed by atoms with Crippen molar-refractivity contribution in [2.24, 2.45) is 0 Å². The van der Waals surface area contributed by atoms with E-state index in [2.05, 4.69) is 15.3 Å². The summed E-state index contributed by atoms with van der Waals surface area (Å²) in [6.45, 7) is 1.53. The lowest BCUT2D eigenvalue weighted by Gasteiger charge is -2.29. The van der Waals surface area contributed by atoms with Gasteiger partial charge in [0.05, 0.1) is 21.1 Å². The van der Waals surface area contributed by atoms with Gasteiger partial charge in [0.15, 0.2) is 15.7 Å². The molecule has 1 aliphatic heterocycles. The van der Waals surface area contributed by atoms with Crippen molar-refractivity contribution in [3.63, 3.8) is 0 Å². The van der Waals surface area contributed by atoms with Gasteiger partial charge >= 0.3 is 0 Å². The smallest absolute Gasteiger partial charge is 0.270 e. The Kier molecular flexibility index (Phi) is 8.02. The van der Waals surface area contributed by atoms with Gasteiger partial charge in [-0.3, -0.25) is 14.1 Å². The van der Waals surface area contributed by atoms with E-state index in [0.717, 1.165) is 16.6 Å². The predicted molar refractivity (Wildman–Crippen MR) is 159 cm³/mol. The van der Waals surface area contributed by atoms with E-state index >= 15 is 0 Å². The van der Waals surface area contributed by atoms with E-state index in [1.165, 1.54) is 30.5 Å². The maximum absolute atomic E-state index is 13.9. The summed E-state index contributed by atoms with van der Waals surface area (Å²) in [5.41, 5.74) is 0.333. The molecule has 1 saturated heterocycles. The lowest BCUT2D eigenvalue weighted by molar-refractivity contribution is 0.0946. The Morgan fingerprint density at radius 3 is 2.47 bits per heavy atom. The molecule has 5 rings (SSSR count). The molecule has 226 valence electrons. The molecule has 0 saturated carbocycles. The molecule has 0 aliphatic carbocycles. The summed E-state index contributed by atoms with van der Waals surface area (Å²) in [4.78, 5) is 22.2. The zero-order valence-electron chi connectivity index (χ0n) is 23.1.